The normalized spacial score (nSPS) is 16.2. The number of anilines is 1. The second kappa shape index (κ2) is 8.09. The van der Waals surface area contributed by atoms with E-state index in [0.717, 1.165) is 23.1 Å². The molecule has 0 saturated carbocycles. The summed E-state index contributed by atoms with van der Waals surface area (Å²) in [6, 6.07) is 7.97. The minimum atomic E-state index is -5.80. The lowest BCUT2D eigenvalue weighted by molar-refractivity contribution is -0.274. The van der Waals surface area contributed by atoms with E-state index < -0.39 is 35.6 Å². The smallest absolute Gasteiger partial charge is 0.432 e. The number of aryl methyl sites for hydroxylation is 1. The van der Waals surface area contributed by atoms with Crippen molar-refractivity contribution in [3.05, 3.63) is 65.7 Å². The first-order chi connectivity index (χ1) is 14.5. The fraction of sp³-hybridized carbons (Fsp3) is 0.238. The highest BCUT2D eigenvalue weighted by Crippen LogP contribution is 2.48. The van der Waals surface area contributed by atoms with E-state index in [1.807, 2.05) is 0 Å². The van der Waals surface area contributed by atoms with Crippen LogP contribution in [0.15, 0.2) is 54.6 Å². The molecule has 0 spiro atoms. The van der Waals surface area contributed by atoms with Gasteiger partial charge in [-0.05, 0) is 48.4 Å². The molecule has 0 saturated heterocycles. The van der Waals surface area contributed by atoms with Crippen molar-refractivity contribution >= 4 is 17.5 Å². The average molecular weight is 443 g/mol. The van der Waals surface area contributed by atoms with E-state index >= 15 is 0 Å². The summed E-state index contributed by atoms with van der Waals surface area (Å²) in [4.78, 5) is 24.3. The summed E-state index contributed by atoms with van der Waals surface area (Å²) in [5.74, 6) is -0.774. The molecular formula is C21H15F6NO3. The van der Waals surface area contributed by atoms with Gasteiger partial charge in [-0.3, -0.25) is 9.59 Å². The van der Waals surface area contributed by atoms with Crippen LogP contribution in [0.5, 0.6) is 11.5 Å². The van der Waals surface area contributed by atoms with Crippen molar-refractivity contribution < 1.29 is 40.7 Å². The molecular weight excluding hydrogens is 428 g/mol. The maximum atomic E-state index is 14.3. The summed E-state index contributed by atoms with van der Waals surface area (Å²) in [7, 11) is 0. The third-order valence-corrected chi connectivity index (χ3v) is 4.71. The second-order valence-electron chi connectivity index (χ2n) is 6.63. The Labute approximate surface area is 172 Å². The Balaban J connectivity index is 1.87. The lowest BCUT2D eigenvalue weighted by atomic mass is 9.93. The molecule has 1 atom stereocenters. The van der Waals surface area contributed by atoms with E-state index in [9.17, 15) is 35.9 Å². The van der Waals surface area contributed by atoms with Crippen LogP contribution in [0.25, 0.3) is 0 Å². The number of imide groups is 1. The number of amides is 2. The number of nitrogens with zero attached hydrogens (tertiary/aromatic N) is 1. The summed E-state index contributed by atoms with van der Waals surface area (Å²) in [5.41, 5.74) is -5.65. The third kappa shape index (κ3) is 4.01. The van der Waals surface area contributed by atoms with Crippen LogP contribution in [0.4, 0.5) is 32.0 Å². The molecule has 1 aliphatic heterocycles. The number of halogens is 6. The minimum absolute atomic E-state index is 0.0489. The van der Waals surface area contributed by atoms with Gasteiger partial charge in [-0.2, -0.15) is 13.2 Å². The van der Waals surface area contributed by atoms with Gasteiger partial charge in [0.2, 0.25) is 0 Å². The van der Waals surface area contributed by atoms with Crippen molar-refractivity contribution in [2.24, 2.45) is 0 Å². The number of rotatable bonds is 6. The van der Waals surface area contributed by atoms with Crippen LogP contribution in [-0.2, 0) is 21.7 Å². The number of benzene rings is 2. The first-order valence-corrected chi connectivity index (χ1v) is 9.00. The third-order valence-electron chi connectivity index (χ3n) is 4.71. The van der Waals surface area contributed by atoms with Gasteiger partial charge < -0.3 is 4.74 Å². The summed E-state index contributed by atoms with van der Waals surface area (Å²) >= 11 is 0. The zero-order chi connectivity index (χ0) is 23.0. The molecule has 31 heavy (non-hydrogen) atoms. The van der Waals surface area contributed by atoms with Gasteiger partial charge in [-0.25, -0.2) is 18.1 Å². The second-order valence-corrected chi connectivity index (χ2v) is 6.63. The first-order valence-electron chi connectivity index (χ1n) is 9.00. The van der Waals surface area contributed by atoms with Gasteiger partial charge >= 0.3 is 6.18 Å². The molecule has 2 amide bonds. The van der Waals surface area contributed by atoms with Crippen LogP contribution in [-0.4, -0.2) is 24.4 Å². The van der Waals surface area contributed by atoms with Crippen molar-refractivity contribution in [2.45, 2.75) is 31.6 Å². The summed E-state index contributed by atoms with van der Waals surface area (Å²) in [6.45, 7) is 1.54. The van der Waals surface area contributed by atoms with Gasteiger partial charge in [-0.15, -0.1) is 0 Å². The van der Waals surface area contributed by atoms with Gasteiger partial charge in [0.05, 0.1) is 5.69 Å². The lowest BCUT2D eigenvalue weighted by Crippen LogP contribution is -2.44. The molecule has 2 aromatic rings. The van der Waals surface area contributed by atoms with Crippen LogP contribution in [0.1, 0.15) is 18.1 Å². The number of hydrogen-bond donors (Lipinski definition) is 0. The lowest BCUT2D eigenvalue weighted by Gasteiger charge is -2.28. The van der Waals surface area contributed by atoms with Crippen LogP contribution in [0.2, 0.25) is 0 Å². The number of carbonyl (C=O) groups excluding carboxylic acids is 2. The van der Waals surface area contributed by atoms with E-state index in [2.05, 4.69) is 0 Å². The zero-order valence-corrected chi connectivity index (χ0v) is 15.9. The summed E-state index contributed by atoms with van der Waals surface area (Å²) in [5, 5.41) is 0. The van der Waals surface area contributed by atoms with Crippen LogP contribution < -0.4 is 9.64 Å². The molecule has 0 aromatic heterocycles. The van der Waals surface area contributed by atoms with E-state index in [4.69, 9.17) is 4.74 Å². The van der Waals surface area contributed by atoms with Gasteiger partial charge in [-0.1, -0.05) is 13.0 Å². The molecule has 0 bridgehead atoms. The maximum absolute atomic E-state index is 14.3. The van der Waals surface area contributed by atoms with Crippen molar-refractivity contribution in [1.29, 1.82) is 0 Å². The highest BCUT2D eigenvalue weighted by atomic mass is 19.4. The molecule has 164 valence electrons. The quantitative estimate of drug-likeness (QED) is 0.440. The summed E-state index contributed by atoms with van der Waals surface area (Å²) in [6.07, 6.45) is -7.79. The van der Waals surface area contributed by atoms with Gasteiger partial charge in [0, 0.05) is 17.7 Å². The fourth-order valence-electron chi connectivity index (χ4n) is 3.04. The molecule has 1 heterocycles. The highest BCUT2D eigenvalue weighted by Gasteiger charge is 2.64. The highest BCUT2D eigenvalue weighted by molar-refractivity contribution is 6.28. The SMILES string of the molecule is CCc1cc(C(F)(C(F)F)C(F)(F)F)ccc1Oc1ccc(N2C(=O)C=CC2=O)cc1. The van der Waals surface area contributed by atoms with E-state index in [0.29, 0.717) is 12.1 Å². The number of alkyl halides is 6. The van der Waals surface area contributed by atoms with Crippen LogP contribution >= 0.6 is 0 Å². The Kier molecular flexibility index (Phi) is 5.84. The Bertz CT molecular complexity index is 1010. The molecule has 1 aliphatic rings. The molecule has 0 N–H and O–H groups in total. The van der Waals surface area contributed by atoms with Gasteiger partial charge in [0.15, 0.2) is 0 Å². The maximum Gasteiger partial charge on any atom is 0.432 e. The van der Waals surface area contributed by atoms with Crippen molar-refractivity contribution in [2.75, 3.05) is 4.90 Å². The van der Waals surface area contributed by atoms with Gasteiger partial charge in [0.25, 0.3) is 23.9 Å². The summed E-state index contributed by atoms with van der Waals surface area (Å²) < 4.78 is 84.9. The Morgan fingerprint density at radius 2 is 1.52 bits per heavy atom. The Hall–Kier alpha value is -3.30. The van der Waals surface area contributed by atoms with Crippen molar-refractivity contribution in [1.82, 2.24) is 0 Å². The van der Waals surface area contributed by atoms with E-state index in [1.165, 1.54) is 24.3 Å². The molecule has 0 fully saturated rings. The fourth-order valence-corrected chi connectivity index (χ4v) is 3.04. The monoisotopic (exact) mass is 443 g/mol. The number of carbonyl (C=O) groups is 2. The van der Waals surface area contributed by atoms with Crippen molar-refractivity contribution in [3.63, 3.8) is 0 Å². The molecule has 1 unspecified atom stereocenters. The number of hydrogen-bond acceptors (Lipinski definition) is 3. The minimum Gasteiger partial charge on any atom is -0.457 e. The van der Waals surface area contributed by atoms with Crippen molar-refractivity contribution in [3.8, 4) is 11.5 Å². The standard InChI is InChI=1S/C21H15F6NO3/c1-2-12-11-13(20(24,19(22)23)21(25,26)27)3-8-16(12)31-15-6-4-14(5-7-15)28-17(29)9-10-18(28)30/h3-11,19H,2H2,1H3. The Morgan fingerprint density at radius 1 is 0.935 bits per heavy atom. The zero-order valence-electron chi connectivity index (χ0n) is 15.9. The molecule has 3 rings (SSSR count). The van der Waals surface area contributed by atoms with Crippen LogP contribution in [0.3, 0.4) is 0 Å². The molecule has 0 aliphatic carbocycles. The largest absolute Gasteiger partial charge is 0.457 e. The topological polar surface area (TPSA) is 46.6 Å². The van der Waals surface area contributed by atoms with Gasteiger partial charge in [0.1, 0.15) is 11.5 Å². The molecule has 2 aromatic carbocycles. The van der Waals surface area contributed by atoms with E-state index in [-0.39, 0.29) is 29.2 Å². The number of ether oxygens (including phenoxy) is 1. The van der Waals surface area contributed by atoms with Crippen LogP contribution in [0, 0.1) is 0 Å². The van der Waals surface area contributed by atoms with E-state index in [1.54, 1.807) is 6.92 Å². The predicted molar refractivity (Wildman–Crippen MR) is 98.8 cm³/mol. The molecule has 0 radical (unpaired) electrons. The Morgan fingerprint density at radius 3 is 2.00 bits per heavy atom. The average Bonchev–Trinajstić information content (AvgIpc) is 3.05. The molecule has 4 nitrogen and oxygen atoms in total. The first kappa shape index (κ1) is 22.4. The predicted octanol–water partition coefficient (Wildman–Crippen LogP) is 5.46. The molecule has 10 heteroatoms.